The third-order valence-electron chi connectivity index (χ3n) is 6.00. The first kappa shape index (κ1) is 27.6. The predicted molar refractivity (Wildman–Crippen MR) is 143 cm³/mol. The van der Waals surface area contributed by atoms with Gasteiger partial charge in [0.25, 0.3) is 5.56 Å². The number of aromatic amines is 1. The van der Waals surface area contributed by atoms with Gasteiger partial charge in [0, 0.05) is 13.0 Å². The fourth-order valence-electron chi connectivity index (χ4n) is 4.31. The van der Waals surface area contributed by atoms with Crippen molar-refractivity contribution in [2.45, 2.75) is 38.0 Å². The van der Waals surface area contributed by atoms with Crippen molar-refractivity contribution in [3.05, 3.63) is 22.5 Å². The van der Waals surface area contributed by atoms with Crippen molar-refractivity contribution in [1.29, 1.82) is 0 Å². The van der Waals surface area contributed by atoms with Gasteiger partial charge in [0.15, 0.2) is 34.4 Å². The number of nitrogens with one attached hydrogen (secondary N) is 1. The molecule has 4 aromatic rings. The van der Waals surface area contributed by atoms with E-state index in [4.69, 9.17) is 46.1 Å². The van der Waals surface area contributed by atoms with E-state index >= 15 is 0 Å². The van der Waals surface area contributed by atoms with Crippen LogP contribution in [-0.2, 0) is 52.4 Å². The topological polar surface area (TPSA) is 256 Å². The molecule has 2 aliphatic heterocycles. The Balaban J connectivity index is 1.36. The van der Waals surface area contributed by atoms with Gasteiger partial charge in [-0.25, -0.2) is 19.5 Å². The SMILES string of the molecule is Nc1nc2c(nnn2[C@@H]2O[C@@H]3COP(O)(=S)OCCn4c(nc5c(N)ncnc54)COP(=O)(S)O[C@@H]2C3)c(=O)[nH]1. The van der Waals surface area contributed by atoms with E-state index in [9.17, 15) is 14.3 Å². The Bertz CT molecular complexity index is 1760. The molecule has 6 N–H and O–H groups in total. The molecule has 0 radical (unpaired) electrons. The lowest BCUT2D eigenvalue weighted by Crippen LogP contribution is -2.24. The number of imidazole rings is 1. The van der Waals surface area contributed by atoms with Crippen LogP contribution in [0.3, 0.4) is 0 Å². The third kappa shape index (κ3) is 5.37. The molecule has 19 nitrogen and oxygen atoms in total. The van der Waals surface area contributed by atoms with Crippen molar-refractivity contribution in [1.82, 2.24) is 44.5 Å². The lowest BCUT2D eigenvalue weighted by molar-refractivity contribution is -0.0510. The number of nitrogen functional groups attached to an aromatic ring is 2. The first-order valence-corrected chi connectivity index (χ1v) is 16.8. The second-order valence-electron chi connectivity index (χ2n) is 8.64. The molecule has 6 heterocycles. The zero-order chi connectivity index (χ0) is 28.2. The van der Waals surface area contributed by atoms with Gasteiger partial charge in [0.2, 0.25) is 5.95 Å². The largest absolute Gasteiger partial charge is 0.386 e. The first-order chi connectivity index (χ1) is 19.0. The van der Waals surface area contributed by atoms with Crippen molar-refractivity contribution < 1.29 is 32.3 Å². The summed E-state index contributed by atoms with van der Waals surface area (Å²) in [6.07, 6.45) is -1.56. The Hall–Kier alpha value is -2.58. The van der Waals surface area contributed by atoms with Crippen molar-refractivity contribution >= 4 is 71.7 Å². The van der Waals surface area contributed by atoms with Crippen molar-refractivity contribution in [3.8, 4) is 0 Å². The van der Waals surface area contributed by atoms with Gasteiger partial charge >= 0.3 is 13.5 Å². The monoisotopic (exact) mass is 633 g/mol. The minimum Gasteiger partial charge on any atom is -0.382 e. The second kappa shape index (κ2) is 10.4. The third-order valence-corrected chi connectivity index (χ3v) is 9.24. The number of nitrogens with zero attached hydrogens (tertiary/aromatic N) is 8. The summed E-state index contributed by atoms with van der Waals surface area (Å²) >= 11 is 9.30. The number of ether oxygens (including phenoxy) is 1. The fraction of sp³-hybridized carbons (Fsp3) is 0.471. The summed E-state index contributed by atoms with van der Waals surface area (Å²) in [6.45, 7) is -8.33. The summed E-state index contributed by atoms with van der Waals surface area (Å²) in [5.74, 6) is 0.190. The minimum atomic E-state index is -4.09. The van der Waals surface area contributed by atoms with E-state index in [1.54, 1.807) is 4.57 Å². The molecule has 1 saturated heterocycles. The molecule has 1 fully saturated rings. The van der Waals surface area contributed by atoms with Gasteiger partial charge in [-0.15, -0.1) is 5.10 Å². The smallest absolute Gasteiger partial charge is 0.382 e. The number of nitrogens with two attached hydrogens (primary N) is 2. The molecule has 23 heteroatoms. The molecule has 0 spiro atoms. The standard InChI is InChI=1S/C17H21N11O8P2S2/c18-12-10-13(21-6-20-12)27-1-2-32-37(30,39)33-4-7-3-8(36-38(31,40)34-5-9(27)22-10)16(35-7)28-14-11(25-26-28)15(29)24-17(19)23-14/h6-8,16H,1-5H2,(H,30,39)(H,31,40)(H2,18,20,21)(H3,19,23,24,29)/t7-,8+,16+,37?,38?/m0/s1. The van der Waals surface area contributed by atoms with Crippen LogP contribution in [0, 0.1) is 0 Å². The van der Waals surface area contributed by atoms with Gasteiger partial charge in [0.1, 0.15) is 24.9 Å². The van der Waals surface area contributed by atoms with Crippen LogP contribution in [0.5, 0.6) is 0 Å². The Morgan fingerprint density at radius 2 is 2.00 bits per heavy atom. The van der Waals surface area contributed by atoms with Gasteiger partial charge in [-0.3, -0.25) is 18.8 Å². The van der Waals surface area contributed by atoms with E-state index in [2.05, 4.69) is 47.5 Å². The number of H-pyrrole nitrogens is 1. The lowest BCUT2D eigenvalue weighted by Gasteiger charge is -2.22. The predicted octanol–water partition coefficient (Wildman–Crippen LogP) is 0.00970. The van der Waals surface area contributed by atoms with Crippen molar-refractivity contribution in [2.75, 3.05) is 24.7 Å². The highest BCUT2D eigenvalue weighted by Crippen LogP contribution is 2.57. The molecule has 0 amide bonds. The van der Waals surface area contributed by atoms with E-state index < -0.39 is 37.5 Å². The second-order valence-corrected chi connectivity index (χ2v) is 14.3. The molecule has 5 atom stereocenters. The Kier molecular flexibility index (Phi) is 7.14. The summed E-state index contributed by atoms with van der Waals surface area (Å²) in [7, 11) is 0. The lowest BCUT2D eigenvalue weighted by atomic mass is 10.2. The summed E-state index contributed by atoms with van der Waals surface area (Å²) in [4.78, 5) is 41.8. The van der Waals surface area contributed by atoms with E-state index in [1.165, 1.54) is 6.33 Å². The average Bonchev–Trinajstić information content (AvgIpc) is 3.57. The van der Waals surface area contributed by atoms with Crippen LogP contribution in [-0.4, -0.2) is 74.8 Å². The summed E-state index contributed by atoms with van der Waals surface area (Å²) in [5.41, 5.74) is 11.6. The molecule has 6 rings (SSSR count). The summed E-state index contributed by atoms with van der Waals surface area (Å²) < 4.78 is 44.5. The van der Waals surface area contributed by atoms with Gasteiger partial charge < -0.3 is 34.7 Å². The maximum Gasteiger partial charge on any atom is 0.386 e. The van der Waals surface area contributed by atoms with Crippen LogP contribution in [0.1, 0.15) is 18.5 Å². The highest BCUT2D eigenvalue weighted by Gasteiger charge is 2.44. The molecular formula is C17H21N11O8P2S2. The average molecular weight is 634 g/mol. The zero-order valence-corrected chi connectivity index (χ0v) is 23.6. The number of hydrogen-bond acceptors (Lipinski definition) is 16. The molecule has 2 unspecified atom stereocenters. The highest BCUT2D eigenvalue weighted by molar-refractivity contribution is 8.44. The molecule has 40 heavy (non-hydrogen) atoms. The van der Waals surface area contributed by atoms with Crippen LogP contribution in [0.4, 0.5) is 11.8 Å². The van der Waals surface area contributed by atoms with E-state index in [-0.39, 0.29) is 67.1 Å². The summed E-state index contributed by atoms with van der Waals surface area (Å²) in [6, 6.07) is 0. The number of thiol groups is 1. The van der Waals surface area contributed by atoms with Crippen LogP contribution in [0.15, 0.2) is 11.1 Å². The van der Waals surface area contributed by atoms with E-state index in [0.29, 0.717) is 5.65 Å². The zero-order valence-electron chi connectivity index (χ0n) is 20.1. The Labute approximate surface area is 233 Å². The molecule has 0 aliphatic carbocycles. The number of hydrogen-bond donors (Lipinski definition) is 5. The minimum absolute atomic E-state index is 0.00578. The van der Waals surface area contributed by atoms with Gasteiger partial charge in [-0.2, -0.15) is 9.67 Å². The normalized spacial score (nSPS) is 30.2. The highest BCUT2D eigenvalue weighted by atomic mass is 32.7. The Morgan fingerprint density at radius 3 is 2.83 bits per heavy atom. The molecular weight excluding hydrogens is 612 g/mol. The van der Waals surface area contributed by atoms with Crippen LogP contribution >= 0.6 is 25.8 Å². The summed E-state index contributed by atoms with van der Waals surface area (Å²) in [5, 5.41) is 7.81. The fourth-order valence-corrected chi connectivity index (χ4v) is 6.87. The van der Waals surface area contributed by atoms with Gasteiger partial charge in [-0.05, 0) is 11.8 Å². The van der Waals surface area contributed by atoms with Crippen LogP contribution in [0.25, 0.3) is 22.3 Å². The maximum absolute atomic E-state index is 13.4. The maximum atomic E-state index is 13.4. The molecule has 4 aromatic heterocycles. The molecule has 2 bridgehead atoms. The number of fused-ring (bicyclic) bond motifs is 6. The quantitative estimate of drug-likeness (QED) is 0.137. The van der Waals surface area contributed by atoms with Crippen molar-refractivity contribution in [3.63, 3.8) is 0 Å². The van der Waals surface area contributed by atoms with Crippen LogP contribution in [0.2, 0.25) is 0 Å². The molecule has 2 aliphatic rings. The van der Waals surface area contributed by atoms with Crippen molar-refractivity contribution in [2.24, 2.45) is 0 Å². The van der Waals surface area contributed by atoms with Gasteiger partial charge in [0.05, 0.1) is 19.3 Å². The van der Waals surface area contributed by atoms with E-state index in [0.717, 1.165) is 4.68 Å². The number of aromatic nitrogens is 9. The Morgan fingerprint density at radius 1 is 1.18 bits per heavy atom. The molecule has 214 valence electrons. The molecule has 0 saturated carbocycles. The molecule has 0 aromatic carbocycles. The van der Waals surface area contributed by atoms with E-state index in [1.807, 2.05) is 0 Å². The van der Waals surface area contributed by atoms with Gasteiger partial charge in [-0.1, -0.05) is 17.5 Å². The number of rotatable bonds is 1. The first-order valence-electron chi connectivity index (χ1n) is 11.5. The number of anilines is 2. The van der Waals surface area contributed by atoms with Crippen LogP contribution < -0.4 is 17.0 Å².